The van der Waals surface area contributed by atoms with Crippen LogP contribution in [-0.2, 0) is 9.59 Å². The van der Waals surface area contributed by atoms with Gasteiger partial charge in [-0.25, -0.2) is 9.59 Å². The lowest BCUT2D eigenvalue weighted by Gasteiger charge is -2.19. The molecular formula is C17H28N4O5. The fourth-order valence-corrected chi connectivity index (χ4v) is 1.91. The highest BCUT2D eigenvalue weighted by Crippen LogP contribution is 2.24. The lowest BCUT2D eigenvalue weighted by Crippen LogP contribution is -2.38. The van der Waals surface area contributed by atoms with Crippen LogP contribution >= 0.6 is 0 Å². The van der Waals surface area contributed by atoms with Crippen LogP contribution in [0.15, 0.2) is 10.2 Å². The van der Waals surface area contributed by atoms with Crippen molar-refractivity contribution < 1.29 is 24.9 Å². The molecule has 146 valence electrons. The average molecular weight is 368 g/mol. The molecule has 0 aromatic rings. The Morgan fingerprint density at radius 1 is 0.846 bits per heavy atom. The quantitative estimate of drug-likeness (QED) is 0.372. The van der Waals surface area contributed by atoms with Crippen LogP contribution in [-0.4, -0.2) is 44.9 Å². The highest BCUT2D eigenvalue weighted by molar-refractivity contribution is 5.84. The summed E-state index contributed by atoms with van der Waals surface area (Å²) in [5.74, 6) is -3.03. The Kier molecular flexibility index (Phi) is 13.6. The summed E-state index contributed by atoms with van der Waals surface area (Å²) < 4.78 is 0. The second-order valence-electron chi connectivity index (χ2n) is 5.69. The van der Waals surface area contributed by atoms with Crippen molar-refractivity contribution in [2.75, 3.05) is 6.61 Å². The van der Waals surface area contributed by atoms with Gasteiger partial charge < -0.3 is 15.3 Å². The molecule has 0 amide bonds. The standard InChI is InChI=1S/C12H16N4O4.C5H12O/c1-3-5-11(7-13,9(17)18)15-16-12(8-14,6-4-2)10(19)20;1-2-3-4-5-6/h3-6H2,1-2H3,(H,17,18)(H,19,20);6H,2-5H2,1H3. The number of azo groups is 1. The van der Waals surface area contributed by atoms with E-state index in [0.29, 0.717) is 19.4 Å². The number of carboxylic acid groups (broad SMARTS) is 2. The maximum atomic E-state index is 11.2. The van der Waals surface area contributed by atoms with Gasteiger partial charge in [0.25, 0.3) is 11.1 Å². The number of carboxylic acids is 2. The minimum atomic E-state index is -2.15. The van der Waals surface area contributed by atoms with Crippen molar-refractivity contribution in [3.8, 4) is 12.1 Å². The summed E-state index contributed by atoms with van der Waals surface area (Å²) in [7, 11) is 0. The first-order chi connectivity index (χ1) is 12.3. The Bertz CT molecular complexity index is 504. The number of aliphatic hydroxyl groups is 1. The highest BCUT2D eigenvalue weighted by atomic mass is 16.4. The van der Waals surface area contributed by atoms with Crippen LogP contribution in [0, 0.1) is 22.7 Å². The molecule has 0 bridgehead atoms. The van der Waals surface area contributed by atoms with Crippen molar-refractivity contribution in [2.45, 2.75) is 76.8 Å². The van der Waals surface area contributed by atoms with Gasteiger partial charge in [-0.1, -0.05) is 46.5 Å². The second-order valence-corrected chi connectivity index (χ2v) is 5.69. The Morgan fingerprint density at radius 3 is 1.38 bits per heavy atom. The zero-order chi connectivity index (χ0) is 20.6. The Hall–Kier alpha value is -2.52. The third-order valence-electron chi connectivity index (χ3n) is 3.45. The van der Waals surface area contributed by atoms with Gasteiger partial charge in [-0.15, -0.1) is 0 Å². The van der Waals surface area contributed by atoms with Crippen LogP contribution < -0.4 is 0 Å². The SMILES string of the molecule is CCCC(C#N)(N=NC(C#N)(CCC)C(=O)O)C(=O)O.CCCCCO. The van der Waals surface area contributed by atoms with Gasteiger partial charge in [-0.05, 0) is 19.3 Å². The lowest BCUT2D eigenvalue weighted by atomic mass is 9.95. The average Bonchev–Trinajstić information content (AvgIpc) is 2.62. The Balaban J connectivity index is 0. The molecule has 2 unspecified atom stereocenters. The Labute approximate surface area is 154 Å². The number of hydrogen-bond acceptors (Lipinski definition) is 7. The van der Waals surface area contributed by atoms with E-state index in [0.717, 1.165) is 12.8 Å². The molecule has 0 aliphatic heterocycles. The van der Waals surface area contributed by atoms with Gasteiger partial charge in [0.05, 0.1) is 0 Å². The third kappa shape index (κ3) is 8.04. The smallest absolute Gasteiger partial charge is 0.348 e. The molecule has 0 radical (unpaired) electrons. The van der Waals surface area contributed by atoms with Crippen LogP contribution in [0.25, 0.3) is 0 Å². The van der Waals surface area contributed by atoms with Gasteiger partial charge in [0.1, 0.15) is 12.1 Å². The van der Waals surface area contributed by atoms with Gasteiger partial charge >= 0.3 is 11.9 Å². The fraction of sp³-hybridized carbons (Fsp3) is 0.765. The second kappa shape index (κ2) is 13.7. The monoisotopic (exact) mass is 368 g/mol. The van der Waals surface area contributed by atoms with E-state index in [1.165, 1.54) is 18.6 Å². The number of aliphatic hydroxyl groups excluding tert-OH is 1. The number of rotatable bonds is 11. The van der Waals surface area contributed by atoms with E-state index in [1.807, 2.05) is 0 Å². The molecular weight excluding hydrogens is 340 g/mol. The molecule has 9 nitrogen and oxygen atoms in total. The van der Waals surface area contributed by atoms with Crippen LogP contribution in [0.2, 0.25) is 0 Å². The number of unbranched alkanes of at least 4 members (excludes halogenated alkanes) is 2. The molecule has 0 saturated carbocycles. The summed E-state index contributed by atoms with van der Waals surface area (Å²) >= 11 is 0. The summed E-state index contributed by atoms with van der Waals surface area (Å²) in [5, 5.41) is 51.2. The molecule has 0 aliphatic carbocycles. The molecule has 0 rings (SSSR count). The van der Waals surface area contributed by atoms with Crippen molar-refractivity contribution in [3.63, 3.8) is 0 Å². The molecule has 9 heteroatoms. The number of nitriles is 2. The van der Waals surface area contributed by atoms with E-state index in [2.05, 4.69) is 17.2 Å². The van der Waals surface area contributed by atoms with Crippen LogP contribution in [0.5, 0.6) is 0 Å². The predicted octanol–water partition coefficient (Wildman–Crippen LogP) is 2.90. The minimum Gasteiger partial charge on any atom is -0.479 e. The maximum Gasteiger partial charge on any atom is 0.348 e. The number of carbonyl (C=O) groups is 2. The van der Waals surface area contributed by atoms with E-state index in [4.69, 9.17) is 25.8 Å². The lowest BCUT2D eigenvalue weighted by molar-refractivity contribution is -0.143. The third-order valence-corrected chi connectivity index (χ3v) is 3.45. The molecule has 0 heterocycles. The molecule has 0 spiro atoms. The number of aliphatic carboxylic acids is 2. The van der Waals surface area contributed by atoms with Crippen molar-refractivity contribution in [2.24, 2.45) is 10.2 Å². The molecule has 0 saturated heterocycles. The molecule has 0 fully saturated rings. The van der Waals surface area contributed by atoms with E-state index in [9.17, 15) is 9.59 Å². The summed E-state index contributed by atoms with van der Waals surface area (Å²) in [6.07, 6.45) is 3.79. The largest absolute Gasteiger partial charge is 0.479 e. The van der Waals surface area contributed by atoms with Gasteiger partial charge in [-0.2, -0.15) is 20.8 Å². The van der Waals surface area contributed by atoms with E-state index < -0.39 is 23.0 Å². The molecule has 0 aromatic heterocycles. The maximum absolute atomic E-state index is 11.2. The number of hydrogen-bond donors (Lipinski definition) is 3. The topological polar surface area (TPSA) is 167 Å². The van der Waals surface area contributed by atoms with Crippen molar-refractivity contribution in [1.29, 1.82) is 10.5 Å². The number of nitrogens with zero attached hydrogens (tertiary/aromatic N) is 4. The first kappa shape index (κ1) is 25.7. The van der Waals surface area contributed by atoms with Gasteiger partial charge in [0.15, 0.2) is 0 Å². The molecule has 26 heavy (non-hydrogen) atoms. The van der Waals surface area contributed by atoms with Crippen molar-refractivity contribution in [3.05, 3.63) is 0 Å². The van der Waals surface area contributed by atoms with Gasteiger partial charge in [0.2, 0.25) is 0 Å². The normalized spacial score (nSPS) is 14.8. The summed E-state index contributed by atoms with van der Waals surface area (Å²) in [5.41, 5.74) is -4.31. The predicted molar refractivity (Wildman–Crippen MR) is 93.2 cm³/mol. The van der Waals surface area contributed by atoms with Crippen molar-refractivity contribution >= 4 is 11.9 Å². The van der Waals surface area contributed by atoms with Crippen LogP contribution in [0.3, 0.4) is 0 Å². The highest BCUT2D eigenvalue weighted by Gasteiger charge is 2.43. The van der Waals surface area contributed by atoms with Crippen molar-refractivity contribution in [1.82, 2.24) is 0 Å². The summed E-state index contributed by atoms with van der Waals surface area (Å²) in [6, 6.07) is 3.06. The van der Waals surface area contributed by atoms with Crippen LogP contribution in [0.4, 0.5) is 0 Å². The van der Waals surface area contributed by atoms with Gasteiger partial charge in [-0.3, -0.25) is 0 Å². The van der Waals surface area contributed by atoms with E-state index in [-0.39, 0.29) is 12.8 Å². The fourth-order valence-electron chi connectivity index (χ4n) is 1.91. The molecule has 2 atom stereocenters. The molecule has 0 aromatic carbocycles. The van der Waals surface area contributed by atoms with E-state index in [1.54, 1.807) is 13.8 Å². The van der Waals surface area contributed by atoms with Gasteiger partial charge in [0, 0.05) is 6.61 Å². The Morgan fingerprint density at radius 2 is 1.23 bits per heavy atom. The zero-order valence-corrected chi connectivity index (χ0v) is 15.6. The van der Waals surface area contributed by atoms with Crippen LogP contribution in [0.1, 0.15) is 65.7 Å². The molecule has 3 N–H and O–H groups in total. The minimum absolute atomic E-state index is 0.115. The first-order valence-corrected chi connectivity index (χ1v) is 8.59. The summed E-state index contributed by atoms with van der Waals surface area (Å²) in [4.78, 5) is 22.3. The summed E-state index contributed by atoms with van der Waals surface area (Å²) in [6.45, 7) is 5.79. The molecule has 0 aliphatic rings. The van der Waals surface area contributed by atoms with E-state index >= 15 is 0 Å². The first-order valence-electron chi connectivity index (χ1n) is 8.59. The zero-order valence-electron chi connectivity index (χ0n) is 15.6.